The fourth-order valence-electron chi connectivity index (χ4n) is 3.16. The van der Waals surface area contributed by atoms with Crippen molar-refractivity contribution in [3.63, 3.8) is 0 Å². The van der Waals surface area contributed by atoms with E-state index in [9.17, 15) is 4.79 Å². The second-order valence-corrected chi connectivity index (χ2v) is 6.99. The van der Waals surface area contributed by atoms with Gasteiger partial charge in [-0.05, 0) is 62.1 Å². The Morgan fingerprint density at radius 1 is 1.19 bits per heavy atom. The number of anilines is 1. The minimum absolute atomic E-state index is 0.00999. The van der Waals surface area contributed by atoms with Crippen LogP contribution < -0.4 is 9.64 Å². The zero-order chi connectivity index (χ0) is 18.7. The molecule has 3 rings (SSSR count). The number of carbonyl (C=O) groups excluding carboxylic acids is 1. The maximum absolute atomic E-state index is 12.7. The molecule has 1 aliphatic rings. The van der Waals surface area contributed by atoms with Crippen LogP contribution in [0.5, 0.6) is 5.75 Å². The van der Waals surface area contributed by atoms with Crippen LogP contribution in [-0.4, -0.2) is 48.3 Å². The highest BCUT2D eigenvalue weighted by atomic mass is 16.5. The van der Waals surface area contributed by atoms with Gasteiger partial charge in [-0.25, -0.2) is 0 Å². The van der Waals surface area contributed by atoms with E-state index in [2.05, 4.69) is 17.1 Å². The number of aromatic nitrogens is 2. The van der Waals surface area contributed by atoms with Crippen molar-refractivity contribution in [3.05, 3.63) is 47.2 Å². The zero-order valence-electron chi connectivity index (χ0n) is 15.9. The summed E-state index contributed by atoms with van der Waals surface area (Å²) >= 11 is 0. The van der Waals surface area contributed by atoms with E-state index >= 15 is 0 Å². The van der Waals surface area contributed by atoms with Crippen molar-refractivity contribution in [2.45, 2.75) is 32.7 Å². The summed E-state index contributed by atoms with van der Waals surface area (Å²) in [4.78, 5) is 16.4. The molecule has 1 atom stereocenters. The van der Waals surface area contributed by atoms with Crippen LogP contribution in [-0.2, 0) is 4.79 Å². The van der Waals surface area contributed by atoms with E-state index < -0.39 is 0 Å². The third kappa shape index (κ3) is 3.95. The fourth-order valence-corrected chi connectivity index (χ4v) is 3.16. The summed E-state index contributed by atoms with van der Waals surface area (Å²) < 4.78 is 5.72. The van der Waals surface area contributed by atoms with E-state index in [-0.39, 0.29) is 18.6 Å². The molecule has 1 amide bonds. The van der Waals surface area contributed by atoms with Crippen molar-refractivity contribution in [1.29, 1.82) is 0 Å². The molecule has 2 heterocycles. The highest BCUT2D eigenvalue weighted by Crippen LogP contribution is 2.31. The molecule has 0 N–H and O–H groups in total. The number of aryl methyl sites for hydroxylation is 2. The highest BCUT2D eigenvalue weighted by Gasteiger charge is 2.31. The van der Waals surface area contributed by atoms with Crippen LogP contribution in [0.1, 0.15) is 35.7 Å². The van der Waals surface area contributed by atoms with Crippen LogP contribution in [0, 0.1) is 13.8 Å². The van der Waals surface area contributed by atoms with Crippen LogP contribution >= 0.6 is 0 Å². The van der Waals surface area contributed by atoms with Crippen molar-refractivity contribution < 1.29 is 9.53 Å². The SMILES string of the molecule is Cc1ccc(OCC(=O)N2CCCC2c2ccc(N(C)C)nn2)cc1C. The van der Waals surface area contributed by atoms with Crippen molar-refractivity contribution in [2.24, 2.45) is 0 Å². The summed E-state index contributed by atoms with van der Waals surface area (Å²) in [6.07, 6.45) is 1.88. The molecule has 0 saturated carbocycles. The topological polar surface area (TPSA) is 58.6 Å². The van der Waals surface area contributed by atoms with Gasteiger partial charge < -0.3 is 14.5 Å². The Morgan fingerprint density at radius 3 is 2.65 bits per heavy atom. The average Bonchev–Trinajstić information content (AvgIpc) is 3.12. The van der Waals surface area contributed by atoms with Crippen LogP contribution in [0.15, 0.2) is 30.3 Å². The quantitative estimate of drug-likeness (QED) is 0.826. The van der Waals surface area contributed by atoms with Crippen molar-refractivity contribution in [3.8, 4) is 5.75 Å². The average molecular weight is 354 g/mol. The molecule has 6 nitrogen and oxygen atoms in total. The van der Waals surface area contributed by atoms with E-state index in [1.54, 1.807) is 0 Å². The zero-order valence-corrected chi connectivity index (χ0v) is 15.9. The first-order chi connectivity index (χ1) is 12.5. The van der Waals surface area contributed by atoms with E-state index in [1.165, 1.54) is 5.56 Å². The second-order valence-electron chi connectivity index (χ2n) is 6.99. The Kier molecular flexibility index (Phi) is 5.40. The third-order valence-electron chi connectivity index (χ3n) is 4.88. The molecule has 2 aromatic rings. The van der Waals surface area contributed by atoms with Gasteiger partial charge >= 0.3 is 0 Å². The Morgan fingerprint density at radius 2 is 2.00 bits per heavy atom. The van der Waals surface area contributed by atoms with Gasteiger partial charge in [0.15, 0.2) is 12.4 Å². The van der Waals surface area contributed by atoms with Crippen LogP contribution in [0.2, 0.25) is 0 Å². The Hall–Kier alpha value is -2.63. The number of nitrogens with zero attached hydrogens (tertiary/aromatic N) is 4. The van der Waals surface area contributed by atoms with Crippen LogP contribution in [0.4, 0.5) is 5.82 Å². The molecule has 1 saturated heterocycles. The van der Waals surface area contributed by atoms with Gasteiger partial charge in [-0.15, -0.1) is 5.10 Å². The summed E-state index contributed by atoms with van der Waals surface area (Å²) in [5.41, 5.74) is 3.21. The molecule has 0 spiro atoms. The van der Waals surface area contributed by atoms with Gasteiger partial charge in [-0.3, -0.25) is 4.79 Å². The molecular weight excluding hydrogens is 328 g/mol. The van der Waals surface area contributed by atoms with Crippen LogP contribution in [0.3, 0.4) is 0 Å². The van der Waals surface area contributed by atoms with Gasteiger partial charge in [0, 0.05) is 20.6 Å². The number of ether oxygens (including phenoxy) is 1. The summed E-state index contributed by atoms with van der Waals surface area (Å²) in [6, 6.07) is 9.76. The Balaban J connectivity index is 1.65. The summed E-state index contributed by atoms with van der Waals surface area (Å²) in [6.45, 7) is 4.87. The number of hydrogen-bond donors (Lipinski definition) is 0. The smallest absolute Gasteiger partial charge is 0.261 e. The summed E-state index contributed by atoms with van der Waals surface area (Å²) in [5.74, 6) is 1.53. The molecule has 26 heavy (non-hydrogen) atoms. The lowest BCUT2D eigenvalue weighted by atomic mass is 10.1. The van der Waals surface area contributed by atoms with E-state index in [0.29, 0.717) is 0 Å². The molecule has 1 fully saturated rings. The molecule has 138 valence electrons. The molecule has 0 aliphatic carbocycles. The summed E-state index contributed by atoms with van der Waals surface area (Å²) in [5, 5.41) is 8.56. The first kappa shape index (κ1) is 18.2. The van der Waals surface area contributed by atoms with E-state index in [1.807, 2.05) is 61.2 Å². The van der Waals surface area contributed by atoms with Gasteiger partial charge in [0.25, 0.3) is 5.91 Å². The second kappa shape index (κ2) is 7.72. The monoisotopic (exact) mass is 354 g/mol. The predicted molar refractivity (Wildman–Crippen MR) is 101 cm³/mol. The number of likely N-dealkylation sites (tertiary alicyclic amines) is 1. The number of benzene rings is 1. The number of amides is 1. The lowest BCUT2D eigenvalue weighted by Crippen LogP contribution is -2.35. The minimum atomic E-state index is -0.0189. The molecule has 1 aromatic heterocycles. The molecule has 1 aliphatic heterocycles. The van der Waals surface area contributed by atoms with Gasteiger partial charge in [-0.2, -0.15) is 5.10 Å². The highest BCUT2D eigenvalue weighted by molar-refractivity contribution is 5.78. The maximum Gasteiger partial charge on any atom is 0.261 e. The Bertz CT molecular complexity index is 774. The summed E-state index contributed by atoms with van der Waals surface area (Å²) in [7, 11) is 3.86. The molecule has 1 unspecified atom stereocenters. The van der Waals surface area contributed by atoms with Gasteiger partial charge in [0.2, 0.25) is 0 Å². The molecule has 6 heteroatoms. The van der Waals surface area contributed by atoms with Gasteiger partial charge in [-0.1, -0.05) is 6.07 Å². The van der Waals surface area contributed by atoms with Crippen molar-refractivity contribution >= 4 is 11.7 Å². The first-order valence-electron chi connectivity index (χ1n) is 8.96. The molecule has 0 radical (unpaired) electrons. The predicted octanol–water partition coefficient (Wildman–Crippen LogP) is 2.90. The minimum Gasteiger partial charge on any atom is -0.484 e. The van der Waals surface area contributed by atoms with E-state index in [0.717, 1.165) is 42.2 Å². The number of carbonyl (C=O) groups is 1. The standard InChI is InChI=1S/C20H26N4O2/c1-14-7-8-16(12-15(14)2)26-13-20(25)24-11-5-6-18(24)17-9-10-19(22-21-17)23(3)4/h7-10,12,18H,5-6,11,13H2,1-4H3. The third-order valence-corrected chi connectivity index (χ3v) is 4.88. The number of rotatable bonds is 5. The normalized spacial score (nSPS) is 16.6. The molecule has 1 aromatic carbocycles. The molecular formula is C20H26N4O2. The first-order valence-corrected chi connectivity index (χ1v) is 8.96. The maximum atomic E-state index is 12.7. The molecule has 0 bridgehead atoms. The van der Waals surface area contributed by atoms with E-state index in [4.69, 9.17) is 4.74 Å². The van der Waals surface area contributed by atoms with Crippen LogP contribution in [0.25, 0.3) is 0 Å². The van der Waals surface area contributed by atoms with Crippen molar-refractivity contribution in [1.82, 2.24) is 15.1 Å². The lowest BCUT2D eigenvalue weighted by molar-refractivity contribution is -0.134. The largest absolute Gasteiger partial charge is 0.484 e. The van der Waals surface area contributed by atoms with Gasteiger partial charge in [0.1, 0.15) is 5.75 Å². The fraction of sp³-hybridized carbons (Fsp3) is 0.450. The number of hydrogen-bond acceptors (Lipinski definition) is 5. The lowest BCUT2D eigenvalue weighted by Gasteiger charge is -2.24. The van der Waals surface area contributed by atoms with Gasteiger partial charge in [0.05, 0.1) is 11.7 Å². The van der Waals surface area contributed by atoms with Crippen molar-refractivity contribution in [2.75, 3.05) is 32.1 Å². The Labute approximate surface area is 154 Å².